The molecular weight excluding hydrogens is 276 g/mol. The number of piperidine rings is 1. The molecule has 0 bridgehead atoms. The van der Waals surface area contributed by atoms with E-state index in [9.17, 15) is 9.59 Å². The zero-order chi connectivity index (χ0) is 15.6. The van der Waals surface area contributed by atoms with Gasteiger partial charge < -0.3 is 10.6 Å². The molecule has 118 valence electrons. The summed E-state index contributed by atoms with van der Waals surface area (Å²) in [5, 5.41) is 0. The van der Waals surface area contributed by atoms with Gasteiger partial charge in [-0.15, -0.1) is 0 Å². The van der Waals surface area contributed by atoms with Crippen LogP contribution in [0, 0.1) is 5.92 Å². The number of nitrogens with zero attached hydrogens (tertiary/aromatic N) is 1. The Balaban J connectivity index is 1.58. The van der Waals surface area contributed by atoms with Gasteiger partial charge in [-0.2, -0.15) is 0 Å². The summed E-state index contributed by atoms with van der Waals surface area (Å²) in [7, 11) is 0. The van der Waals surface area contributed by atoms with Crippen molar-refractivity contribution in [3.8, 4) is 0 Å². The van der Waals surface area contributed by atoms with Crippen molar-refractivity contribution in [2.75, 3.05) is 13.1 Å². The number of likely N-dealkylation sites (tertiary alicyclic amines) is 1. The van der Waals surface area contributed by atoms with E-state index in [-0.39, 0.29) is 17.6 Å². The lowest BCUT2D eigenvalue weighted by molar-refractivity contribution is -0.138. The summed E-state index contributed by atoms with van der Waals surface area (Å²) in [6.07, 6.45) is 5.19. The smallest absolute Gasteiger partial charge is 0.242 e. The number of carbonyl (C=O) groups excluding carboxylic acids is 2. The average molecular weight is 300 g/mol. The molecule has 2 N–H and O–H groups in total. The molecule has 4 nitrogen and oxygen atoms in total. The summed E-state index contributed by atoms with van der Waals surface area (Å²) >= 11 is 0. The van der Waals surface area contributed by atoms with Crippen LogP contribution in [0.4, 0.5) is 0 Å². The van der Waals surface area contributed by atoms with Crippen LogP contribution in [-0.2, 0) is 4.79 Å². The van der Waals surface area contributed by atoms with E-state index in [1.54, 1.807) is 0 Å². The molecule has 2 fully saturated rings. The molecule has 1 heterocycles. The minimum Gasteiger partial charge on any atom is -0.341 e. The molecule has 1 aromatic rings. The Morgan fingerprint density at radius 3 is 2.23 bits per heavy atom. The van der Waals surface area contributed by atoms with Crippen molar-refractivity contribution in [1.29, 1.82) is 0 Å². The first kappa shape index (κ1) is 15.2. The van der Waals surface area contributed by atoms with Gasteiger partial charge in [-0.1, -0.05) is 43.2 Å². The standard InChI is InChI=1S/C18H24N2O2/c19-18(10-4-5-11-18)17(22)20-12-8-15(9-13-20)16(21)14-6-2-1-3-7-14/h1-3,6-7,15H,4-5,8-13,19H2. The highest BCUT2D eigenvalue weighted by atomic mass is 16.2. The number of nitrogens with two attached hydrogens (primary N) is 1. The fourth-order valence-corrected chi connectivity index (χ4v) is 3.72. The van der Waals surface area contributed by atoms with Crippen LogP contribution in [0.2, 0.25) is 0 Å². The molecule has 1 aliphatic carbocycles. The van der Waals surface area contributed by atoms with Crippen LogP contribution in [0.3, 0.4) is 0 Å². The number of Topliss-reactive ketones (excluding diaryl/α,β-unsaturated/α-hetero) is 1. The molecule has 0 aromatic heterocycles. The molecule has 1 aromatic carbocycles. The van der Waals surface area contributed by atoms with Crippen molar-refractivity contribution in [2.24, 2.45) is 11.7 Å². The molecule has 2 aliphatic rings. The molecule has 0 spiro atoms. The number of hydrogen-bond acceptors (Lipinski definition) is 3. The Hall–Kier alpha value is -1.68. The molecule has 1 saturated carbocycles. The number of ketones is 1. The van der Waals surface area contributed by atoms with E-state index in [0.717, 1.165) is 44.1 Å². The molecule has 1 amide bonds. The maximum Gasteiger partial charge on any atom is 0.242 e. The van der Waals surface area contributed by atoms with Gasteiger partial charge in [0, 0.05) is 24.6 Å². The number of benzene rings is 1. The van der Waals surface area contributed by atoms with Gasteiger partial charge in [-0.25, -0.2) is 0 Å². The molecule has 1 saturated heterocycles. The maximum atomic E-state index is 12.6. The zero-order valence-electron chi connectivity index (χ0n) is 13.0. The SMILES string of the molecule is NC1(C(=O)N2CCC(C(=O)c3ccccc3)CC2)CCCC1. The van der Waals surface area contributed by atoms with Gasteiger partial charge in [0.15, 0.2) is 5.78 Å². The summed E-state index contributed by atoms with van der Waals surface area (Å²) in [6.45, 7) is 1.31. The minimum atomic E-state index is -0.643. The highest BCUT2D eigenvalue weighted by Gasteiger charge is 2.41. The lowest BCUT2D eigenvalue weighted by atomic mass is 9.87. The summed E-state index contributed by atoms with van der Waals surface area (Å²) < 4.78 is 0. The van der Waals surface area contributed by atoms with Gasteiger partial charge in [0.05, 0.1) is 5.54 Å². The van der Waals surface area contributed by atoms with Gasteiger partial charge in [-0.3, -0.25) is 9.59 Å². The van der Waals surface area contributed by atoms with Crippen LogP contribution in [-0.4, -0.2) is 35.2 Å². The second-order valence-corrected chi connectivity index (χ2v) is 6.66. The third-order valence-corrected chi connectivity index (χ3v) is 5.13. The highest BCUT2D eigenvalue weighted by Crippen LogP contribution is 2.31. The van der Waals surface area contributed by atoms with E-state index < -0.39 is 5.54 Å². The van der Waals surface area contributed by atoms with Crippen molar-refractivity contribution >= 4 is 11.7 Å². The van der Waals surface area contributed by atoms with Gasteiger partial charge in [0.1, 0.15) is 0 Å². The zero-order valence-corrected chi connectivity index (χ0v) is 13.0. The molecule has 0 atom stereocenters. The van der Waals surface area contributed by atoms with Crippen molar-refractivity contribution in [3.05, 3.63) is 35.9 Å². The third kappa shape index (κ3) is 2.93. The van der Waals surface area contributed by atoms with E-state index in [1.807, 2.05) is 35.2 Å². The molecule has 3 rings (SSSR count). The van der Waals surface area contributed by atoms with E-state index in [0.29, 0.717) is 13.1 Å². The molecule has 22 heavy (non-hydrogen) atoms. The first-order valence-electron chi connectivity index (χ1n) is 8.28. The maximum absolute atomic E-state index is 12.6. The number of amides is 1. The first-order chi connectivity index (χ1) is 10.6. The Morgan fingerprint density at radius 2 is 1.64 bits per heavy atom. The number of hydrogen-bond donors (Lipinski definition) is 1. The Labute approximate surface area is 131 Å². The summed E-state index contributed by atoms with van der Waals surface area (Å²) in [5.74, 6) is 0.329. The van der Waals surface area contributed by atoms with Crippen LogP contribution in [0.25, 0.3) is 0 Å². The quantitative estimate of drug-likeness (QED) is 0.872. The highest BCUT2D eigenvalue weighted by molar-refractivity contribution is 5.98. The van der Waals surface area contributed by atoms with Crippen LogP contribution in [0.15, 0.2) is 30.3 Å². The van der Waals surface area contributed by atoms with Crippen molar-refractivity contribution in [3.63, 3.8) is 0 Å². The summed E-state index contributed by atoms with van der Waals surface area (Å²) in [6, 6.07) is 9.44. The molecule has 0 radical (unpaired) electrons. The Morgan fingerprint density at radius 1 is 1.05 bits per heavy atom. The van der Waals surface area contributed by atoms with Crippen LogP contribution >= 0.6 is 0 Å². The van der Waals surface area contributed by atoms with Crippen LogP contribution in [0.1, 0.15) is 48.9 Å². The predicted molar refractivity (Wildman–Crippen MR) is 85.5 cm³/mol. The van der Waals surface area contributed by atoms with Crippen LogP contribution in [0.5, 0.6) is 0 Å². The fraction of sp³-hybridized carbons (Fsp3) is 0.556. The molecular formula is C18H24N2O2. The van der Waals surface area contributed by atoms with Crippen molar-refractivity contribution in [2.45, 2.75) is 44.1 Å². The van der Waals surface area contributed by atoms with Gasteiger partial charge in [0.2, 0.25) is 5.91 Å². The average Bonchev–Trinajstić information content (AvgIpc) is 3.02. The van der Waals surface area contributed by atoms with E-state index >= 15 is 0 Å². The topological polar surface area (TPSA) is 63.4 Å². The fourth-order valence-electron chi connectivity index (χ4n) is 3.72. The third-order valence-electron chi connectivity index (χ3n) is 5.13. The number of rotatable bonds is 3. The number of carbonyl (C=O) groups is 2. The van der Waals surface area contributed by atoms with Gasteiger partial charge in [0.25, 0.3) is 0 Å². The minimum absolute atomic E-state index is 0.0313. The first-order valence-corrected chi connectivity index (χ1v) is 8.28. The Bertz CT molecular complexity index is 541. The molecule has 1 aliphatic heterocycles. The Kier molecular flexibility index (Phi) is 4.30. The summed E-state index contributed by atoms with van der Waals surface area (Å²) in [5.41, 5.74) is 6.39. The van der Waals surface area contributed by atoms with Crippen molar-refractivity contribution < 1.29 is 9.59 Å². The van der Waals surface area contributed by atoms with E-state index in [2.05, 4.69) is 0 Å². The largest absolute Gasteiger partial charge is 0.341 e. The predicted octanol–water partition coefficient (Wildman–Crippen LogP) is 2.38. The lowest BCUT2D eigenvalue weighted by Crippen LogP contribution is -2.55. The van der Waals surface area contributed by atoms with Crippen LogP contribution < -0.4 is 5.73 Å². The van der Waals surface area contributed by atoms with Crippen molar-refractivity contribution in [1.82, 2.24) is 4.90 Å². The second kappa shape index (κ2) is 6.21. The normalized spacial score (nSPS) is 21.8. The molecule has 4 heteroatoms. The monoisotopic (exact) mass is 300 g/mol. The molecule has 0 unspecified atom stereocenters. The lowest BCUT2D eigenvalue weighted by Gasteiger charge is -2.36. The van der Waals surface area contributed by atoms with Gasteiger partial charge >= 0.3 is 0 Å². The van der Waals surface area contributed by atoms with E-state index in [4.69, 9.17) is 5.73 Å². The second-order valence-electron chi connectivity index (χ2n) is 6.66. The van der Waals surface area contributed by atoms with Gasteiger partial charge in [-0.05, 0) is 25.7 Å². The summed E-state index contributed by atoms with van der Waals surface area (Å²) in [4.78, 5) is 26.9. The van der Waals surface area contributed by atoms with E-state index in [1.165, 1.54) is 0 Å².